The summed E-state index contributed by atoms with van der Waals surface area (Å²) in [5.41, 5.74) is 0.194. The molecule has 0 atom stereocenters. The summed E-state index contributed by atoms with van der Waals surface area (Å²) in [6, 6.07) is 11.7. The van der Waals surface area contributed by atoms with Gasteiger partial charge in [0.2, 0.25) is 0 Å². The van der Waals surface area contributed by atoms with E-state index in [1.165, 1.54) is 36.4 Å². The number of nitrogens with zero attached hydrogens (tertiary/aromatic N) is 1. The molecule has 2 amide bonds. The molecule has 1 aliphatic rings. The van der Waals surface area contributed by atoms with E-state index in [1.807, 2.05) is 0 Å². The van der Waals surface area contributed by atoms with Crippen LogP contribution in [0.2, 0.25) is 0 Å². The third-order valence-corrected chi connectivity index (χ3v) is 4.03. The minimum absolute atomic E-state index is 0.0687. The van der Waals surface area contributed by atoms with Crippen molar-refractivity contribution in [3.05, 3.63) is 65.5 Å². The Bertz CT molecular complexity index is 1000. The van der Waals surface area contributed by atoms with Crippen LogP contribution in [0.25, 0.3) is 6.08 Å². The number of hydrogen-bond acceptors (Lipinski definition) is 5. The number of aliphatic carboxylic acids is 1. The van der Waals surface area contributed by atoms with Gasteiger partial charge in [-0.15, -0.1) is 0 Å². The maximum Gasteiger partial charge on any atom is 0.341 e. The van der Waals surface area contributed by atoms with Gasteiger partial charge < -0.3 is 9.84 Å². The van der Waals surface area contributed by atoms with Crippen molar-refractivity contribution in [3.8, 4) is 5.75 Å². The molecule has 1 saturated heterocycles. The second kappa shape index (κ2) is 7.97. The summed E-state index contributed by atoms with van der Waals surface area (Å²) in [6.07, 6.45) is 1.33. The predicted molar refractivity (Wildman–Crippen MR) is 102 cm³/mol. The van der Waals surface area contributed by atoms with Gasteiger partial charge in [0.05, 0.1) is 5.69 Å². The van der Waals surface area contributed by atoms with E-state index in [9.17, 15) is 18.8 Å². The number of carbonyl (C=O) groups is 3. The number of benzene rings is 2. The van der Waals surface area contributed by atoms with Crippen LogP contribution < -0.4 is 15.0 Å². The Morgan fingerprint density at radius 1 is 1.18 bits per heavy atom. The fourth-order valence-electron chi connectivity index (χ4n) is 2.48. The molecule has 3 rings (SSSR count). The van der Waals surface area contributed by atoms with E-state index in [-0.39, 0.29) is 16.4 Å². The number of hydrogen-bond donors (Lipinski definition) is 2. The summed E-state index contributed by atoms with van der Waals surface area (Å²) in [5, 5.41) is 10.8. The summed E-state index contributed by atoms with van der Waals surface area (Å²) in [6.45, 7) is -0.490. The van der Waals surface area contributed by atoms with Crippen molar-refractivity contribution < 1.29 is 28.6 Å². The lowest BCUT2D eigenvalue weighted by Crippen LogP contribution is -2.54. The highest BCUT2D eigenvalue weighted by Gasteiger charge is 2.35. The largest absolute Gasteiger partial charge is 0.482 e. The van der Waals surface area contributed by atoms with Crippen molar-refractivity contribution in [1.82, 2.24) is 5.32 Å². The van der Waals surface area contributed by atoms with Gasteiger partial charge in [-0.05, 0) is 48.1 Å². The van der Waals surface area contributed by atoms with Gasteiger partial charge in [0, 0.05) is 0 Å². The molecule has 0 aromatic heterocycles. The Kier molecular flexibility index (Phi) is 5.46. The van der Waals surface area contributed by atoms with Gasteiger partial charge in [-0.25, -0.2) is 14.1 Å². The minimum Gasteiger partial charge on any atom is -0.482 e. The van der Waals surface area contributed by atoms with Crippen molar-refractivity contribution in [2.75, 3.05) is 11.5 Å². The number of anilines is 1. The van der Waals surface area contributed by atoms with Crippen molar-refractivity contribution in [3.63, 3.8) is 0 Å². The van der Waals surface area contributed by atoms with Gasteiger partial charge >= 0.3 is 5.97 Å². The SMILES string of the molecule is O=C(O)COc1ccc(/C=C2/C(=O)NC(=S)N(c3ccccc3F)C2=O)cc1. The molecule has 0 unspecified atom stereocenters. The number of carbonyl (C=O) groups excluding carboxylic acids is 2. The van der Waals surface area contributed by atoms with Gasteiger partial charge in [-0.2, -0.15) is 0 Å². The van der Waals surface area contributed by atoms with E-state index in [4.69, 9.17) is 22.1 Å². The van der Waals surface area contributed by atoms with Gasteiger partial charge in [-0.1, -0.05) is 24.3 Å². The van der Waals surface area contributed by atoms with Crippen LogP contribution in [0.1, 0.15) is 5.56 Å². The van der Waals surface area contributed by atoms with Crippen LogP contribution in [0.5, 0.6) is 5.75 Å². The Morgan fingerprint density at radius 2 is 1.86 bits per heavy atom. The molecular formula is C19H13FN2O5S. The highest BCUT2D eigenvalue weighted by Crippen LogP contribution is 2.25. The third-order valence-electron chi connectivity index (χ3n) is 3.75. The van der Waals surface area contributed by atoms with Gasteiger partial charge in [0.1, 0.15) is 17.1 Å². The fourth-order valence-corrected chi connectivity index (χ4v) is 2.76. The summed E-state index contributed by atoms with van der Waals surface area (Å²) < 4.78 is 19.1. The van der Waals surface area contributed by atoms with Crippen molar-refractivity contribution in [1.29, 1.82) is 0 Å². The molecule has 0 aliphatic carbocycles. The molecule has 28 heavy (non-hydrogen) atoms. The first-order valence-electron chi connectivity index (χ1n) is 7.97. The smallest absolute Gasteiger partial charge is 0.341 e. The highest BCUT2D eigenvalue weighted by molar-refractivity contribution is 7.80. The fraction of sp³-hybridized carbons (Fsp3) is 0.0526. The van der Waals surface area contributed by atoms with Crippen molar-refractivity contribution >= 4 is 46.9 Å². The average molecular weight is 400 g/mol. The number of halogens is 1. The van der Waals surface area contributed by atoms with Gasteiger partial charge in [0.15, 0.2) is 11.7 Å². The van der Waals surface area contributed by atoms with E-state index in [1.54, 1.807) is 18.2 Å². The third kappa shape index (κ3) is 4.04. The van der Waals surface area contributed by atoms with Crippen LogP contribution in [0.4, 0.5) is 10.1 Å². The van der Waals surface area contributed by atoms with Crippen LogP contribution in [0.15, 0.2) is 54.1 Å². The molecule has 0 bridgehead atoms. The van der Waals surface area contributed by atoms with Crippen LogP contribution >= 0.6 is 12.2 Å². The minimum atomic E-state index is -1.11. The standard InChI is InChI=1S/C19H13FN2O5S/c20-14-3-1-2-4-15(14)22-18(26)13(17(25)21-19(22)28)9-11-5-7-12(8-6-11)27-10-16(23)24/h1-9H,10H2,(H,23,24)(H,21,25,28)/b13-9-. The van der Waals surface area contributed by atoms with Gasteiger partial charge in [-0.3, -0.25) is 14.9 Å². The molecule has 0 saturated carbocycles. The zero-order valence-corrected chi connectivity index (χ0v) is 15.0. The summed E-state index contributed by atoms with van der Waals surface area (Å²) >= 11 is 5.02. The summed E-state index contributed by atoms with van der Waals surface area (Å²) in [4.78, 5) is 36.5. The summed E-state index contributed by atoms with van der Waals surface area (Å²) in [5.74, 6) is -2.91. The number of thiocarbonyl (C=S) groups is 1. The first-order valence-corrected chi connectivity index (χ1v) is 8.38. The molecule has 9 heteroatoms. The number of carboxylic acid groups (broad SMARTS) is 1. The Balaban J connectivity index is 1.89. The maximum atomic E-state index is 14.1. The molecule has 1 aliphatic heterocycles. The number of amides is 2. The molecule has 0 radical (unpaired) electrons. The van der Waals surface area contributed by atoms with E-state index < -0.39 is 30.2 Å². The Hall–Kier alpha value is -3.59. The van der Waals surface area contributed by atoms with Crippen LogP contribution in [-0.4, -0.2) is 34.6 Å². The Labute approximate surface area is 164 Å². The van der Waals surface area contributed by atoms with Gasteiger partial charge in [0.25, 0.3) is 11.8 Å². The lowest BCUT2D eigenvalue weighted by atomic mass is 10.1. The molecule has 1 fully saturated rings. The highest BCUT2D eigenvalue weighted by atomic mass is 32.1. The van der Waals surface area contributed by atoms with Crippen LogP contribution in [-0.2, 0) is 14.4 Å². The lowest BCUT2D eigenvalue weighted by Gasteiger charge is -2.29. The molecule has 142 valence electrons. The molecule has 1 heterocycles. The number of carboxylic acids is 1. The monoisotopic (exact) mass is 400 g/mol. The number of ether oxygens (including phenoxy) is 1. The number of para-hydroxylation sites is 1. The van der Waals surface area contributed by atoms with Crippen molar-refractivity contribution in [2.24, 2.45) is 0 Å². The van der Waals surface area contributed by atoms with Crippen molar-refractivity contribution in [2.45, 2.75) is 0 Å². The average Bonchev–Trinajstić information content (AvgIpc) is 2.65. The quantitative estimate of drug-likeness (QED) is 0.454. The molecule has 7 nitrogen and oxygen atoms in total. The lowest BCUT2D eigenvalue weighted by molar-refractivity contribution is -0.139. The molecule has 2 aromatic rings. The topological polar surface area (TPSA) is 95.9 Å². The normalized spacial score (nSPS) is 15.5. The number of rotatable bonds is 5. The van der Waals surface area contributed by atoms with Crippen LogP contribution in [0, 0.1) is 5.82 Å². The first kappa shape index (κ1) is 19.2. The van der Waals surface area contributed by atoms with E-state index in [0.717, 1.165) is 4.90 Å². The second-order valence-electron chi connectivity index (χ2n) is 5.66. The summed E-state index contributed by atoms with van der Waals surface area (Å²) in [7, 11) is 0. The van der Waals surface area contributed by atoms with E-state index in [0.29, 0.717) is 11.3 Å². The van der Waals surface area contributed by atoms with E-state index in [2.05, 4.69) is 5.32 Å². The predicted octanol–water partition coefficient (Wildman–Crippen LogP) is 2.12. The molecule has 2 aromatic carbocycles. The molecule has 0 spiro atoms. The zero-order chi connectivity index (χ0) is 20.3. The maximum absolute atomic E-state index is 14.1. The second-order valence-corrected chi connectivity index (χ2v) is 6.05. The Morgan fingerprint density at radius 3 is 2.50 bits per heavy atom. The molecular weight excluding hydrogens is 387 g/mol. The van der Waals surface area contributed by atoms with E-state index >= 15 is 0 Å². The molecule has 2 N–H and O–H groups in total. The van der Waals surface area contributed by atoms with Crippen LogP contribution in [0.3, 0.4) is 0 Å². The zero-order valence-electron chi connectivity index (χ0n) is 14.2. The first-order chi connectivity index (χ1) is 13.4. The number of nitrogens with one attached hydrogen (secondary N) is 1.